The number of hydrogen-bond acceptors (Lipinski definition) is 4. The quantitative estimate of drug-likeness (QED) is 0.852. The fourth-order valence-electron chi connectivity index (χ4n) is 3.10. The molecule has 0 radical (unpaired) electrons. The zero-order valence-corrected chi connectivity index (χ0v) is 15.0. The molecule has 7 heteroatoms. The minimum atomic E-state index is -0.276. The first-order valence-electron chi connectivity index (χ1n) is 9.17. The molecule has 1 saturated carbocycles. The van der Waals surface area contributed by atoms with Crippen LogP contribution >= 0.6 is 0 Å². The Labute approximate surface area is 157 Å². The summed E-state index contributed by atoms with van der Waals surface area (Å²) >= 11 is 0. The highest BCUT2D eigenvalue weighted by atomic mass is 16.6. The second-order valence-corrected chi connectivity index (χ2v) is 6.84. The van der Waals surface area contributed by atoms with Crippen LogP contribution in [0.15, 0.2) is 48.7 Å². The van der Waals surface area contributed by atoms with E-state index in [0.29, 0.717) is 26.2 Å². The number of anilines is 1. The number of carbonyl (C=O) groups excluding carboxylic acids is 2. The third kappa shape index (κ3) is 4.36. The lowest BCUT2D eigenvalue weighted by atomic mass is 10.2. The first kappa shape index (κ1) is 17.3. The zero-order valence-electron chi connectivity index (χ0n) is 15.0. The number of ether oxygens (including phenoxy) is 1. The van der Waals surface area contributed by atoms with Gasteiger partial charge in [-0.05, 0) is 42.7 Å². The van der Waals surface area contributed by atoms with Gasteiger partial charge in [-0.1, -0.05) is 18.2 Å². The van der Waals surface area contributed by atoms with E-state index in [1.165, 1.54) is 0 Å². The van der Waals surface area contributed by atoms with Crippen molar-refractivity contribution in [3.8, 4) is 0 Å². The maximum atomic E-state index is 12.7. The summed E-state index contributed by atoms with van der Waals surface area (Å²) in [6.07, 6.45) is 3.53. The Morgan fingerprint density at radius 2 is 2.04 bits per heavy atom. The summed E-state index contributed by atoms with van der Waals surface area (Å²) < 4.78 is 4.94. The molecule has 140 valence electrons. The number of hydrogen-bond donors (Lipinski definition) is 1. The number of pyridine rings is 1. The molecule has 0 bridgehead atoms. The summed E-state index contributed by atoms with van der Waals surface area (Å²) in [5.41, 5.74) is 2.62. The Bertz CT molecular complexity index is 806. The van der Waals surface area contributed by atoms with Gasteiger partial charge in [0.2, 0.25) is 0 Å². The van der Waals surface area contributed by atoms with Crippen LogP contribution in [-0.2, 0) is 17.8 Å². The molecule has 1 aromatic heterocycles. The van der Waals surface area contributed by atoms with Gasteiger partial charge in [-0.25, -0.2) is 9.59 Å². The monoisotopic (exact) mass is 366 g/mol. The third-order valence-corrected chi connectivity index (χ3v) is 4.73. The second-order valence-electron chi connectivity index (χ2n) is 6.84. The van der Waals surface area contributed by atoms with Crippen molar-refractivity contribution >= 4 is 17.8 Å². The highest BCUT2D eigenvalue weighted by molar-refractivity contribution is 5.89. The van der Waals surface area contributed by atoms with Gasteiger partial charge in [0.1, 0.15) is 6.61 Å². The van der Waals surface area contributed by atoms with Crippen LogP contribution in [0.3, 0.4) is 0 Å². The zero-order chi connectivity index (χ0) is 18.6. The van der Waals surface area contributed by atoms with E-state index in [-0.39, 0.29) is 18.2 Å². The van der Waals surface area contributed by atoms with E-state index in [1.54, 1.807) is 11.1 Å². The SMILES string of the molecule is O=C1OCCN1Cc1ccc(NC(=O)N(Cc2ccccn2)C2CC2)cc1. The molecule has 27 heavy (non-hydrogen) atoms. The van der Waals surface area contributed by atoms with Crippen molar-refractivity contribution in [1.82, 2.24) is 14.8 Å². The number of nitrogens with zero attached hydrogens (tertiary/aromatic N) is 3. The predicted molar refractivity (Wildman–Crippen MR) is 100 cm³/mol. The van der Waals surface area contributed by atoms with Crippen LogP contribution in [0.25, 0.3) is 0 Å². The maximum absolute atomic E-state index is 12.7. The van der Waals surface area contributed by atoms with E-state index < -0.39 is 0 Å². The highest BCUT2D eigenvalue weighted by Gasteiger charge is 2.33. The minimum Gasteiger partial charge on any atom is -0.448 e. The Morgan fingerprint density at radius 3 is 2.67 bits per heavy atom. The minimum absolute atomic E-state index is 0.112. The van der Waals surface area contributed by atoms with Gasteiger partial charge in [0.15, 0.2) is 0 Å². The molecule has 1 N–H and O–H groups in total. The van der Waals surface area contributed by atoms with E-state index in [4.69, 9.17) is 4.74 Å². The van der Waals surface area contributed by atoms with Crippen LogP contribution in [0.4, 0.5) is 15.3 Å². The number of carbonyl (C=O) groups is 2. The molecule has 2 fully saturated rings. The molecule has 7 nitrogen and oxygen atoms in total. The van der Waals surface area contributed by atoms with Crippen molar-refractivity contribution in [1.29, 1.82) is 0 Å². The van der Waals surface area contributed by atoms with E-state index in [2.05, 4.69) is 10.3 Å². The van der Waals surface area contributed by atoms with E-state index in [0.717, 1.165) is 29.8 Å². The highest BCUT2D eigenvalue weighted by Crippen LogP contribution is 2.29. The number of cyclic esters (lactones) is 1. The van der Waals surface area contributed by atoms with Crippen molar-refractivity contribution in [3.63, 3.8) is 0 Å². The summed E-state index contributed by atoms with van der Waals surface area (Å²) in [7, 11) is 0. The molecule has 4 rings (SSSR count). The average Bonchev–Trinajstić information content (AvgIpc) is 3.45. The standard InChI is InChI=1S/C20H22N4O3/c25-19(24(18-8-9-18)14-17-3-1-2-10-21-17)22-16-6-4-15(5-7-16)13-23-11-12-27-20(23)26/h1-7,10,18H,8-9,11-14H2,(H,22,25). The Hall–Kier alpha value is -3.09. The number of urea groups is 1. The van der Waals surface area contributed by atoms with Gasteiger partial charge in [0.25, 0.3) is 0 Å². The van der Waals surface area contributed by atoms with Crippen molar-refractivity contribution in [3.05, 3.63) is 59.9 Å². The van der Waals surface area contributed by atoms with Gasteiger partial charge in [0, 0.05) is 24.5 Å². The molecule has 2 aliphatic rings. The molecule has 1 aliphatic heterocycles. The first-order chi connectivity index (χ1) is 13.2. The number of benzene rings is 1. The third-order valence-electron chi connectivity index (χ3n) is 4.73. The second kappa shape index (κ2) is 7.65. The van der Waals surface area contributed by atoms with Crippen molar-refractivity contribution < 1.29 is 14.3 Å². The average molecular weight is 366 g/mol. The maximum Gasteiger partial charge on any atom is 0.410 e. The van der Waals surface area contributed by atoms with E-state index in [1.807, 2.05) is 47.4 Å². The van der Waals surface area contributed by atoms with E-state index in [9.17, 15) is 9.59 Å². The summed E-state index contributed by atoms with van der Waals surface area (Å²) in [6.45, 7) is 2.08. The molecule has 0 atom stereocenters. The molecule has 1 aromatic carbocycles. The summed E-state index contributed by atoms with van der Waals surface area (Å²) in [6, 6.07) is 13.5. The topological polar surface area (TPSA) is 74.8 Å². The van der Waals surface area contributed by atoms with E-state index >= 15 is 0 Å². The Kier molecular flexibility index (Phi) is 4.91. The van der Waals surface area contributed by atoms with Crippen LogP contribution < -0.4 is 5.32 Å². The fourth-order valence-corrected chi connectivity index (χ4v) is 3.10. The van der Waals surface area contributed by atoms with Crippen LogP contribution in [-0.4, -0.2) is 46.1 Å². The number of amides is 3. The van der Waals surface area contributed by atoms with Gasteiger partial charge in [-0.15, -0.1) is 0 Å². The predicted octanol–water partition coefficient (Wildman–Crippen LogP) is 3.23. The largest absolute Gasteiger partial charge is 0.448 e. The lowest BCUT2D eigenvalue weighted by Crippen LogP contribution is -2.36. The summed E-state index contributed by atoms with van der Waals surface area (Å²) in [4.78, 5) is 32.1. The summed E-state index contributed by atoms with van der Waals surface area (Å²) in [5.74, 6) is 0. The normalized spacial score (nSPS) is 16.1. The lowest BCUT2D eigenvalue weighted by Gasteiger charge is -2.22. The molecule has 1 aliphatic carbocycles. The molecule has 2 aromatic rings. The van der Waals surface area contributed by atoms with Crippen LogP contribution in [0.1, 0.15) is 24.1 Å². The lowest BCUT2D eigenvalue weighted by molar-refractivity contribution is 0.157. The van der Waals surface area contributed by atoms with Gasteiger partial charge in [-0.2, -0.15) is 0 Å². The summed E-state index contributed by atoms with van der Waals surface area (Å²) in [5, 5.41) is 2.97. The smallest absolute Gasteiger partial charge is 0.410 e. The Morgan fingerprint density at radius 1 is 1.22 bits per heavy atom. The number of aromatic nitrogens is 1. The number of nitrogens with one attached hydrogen (secondary N) is 1. The van der Waals surface area contributed by atoms with Gasteiger partial charge < -0.3 is 19.9 Å². The molecule has 3 amide bonds. The molecular formula is C20H22N4O3. The Balaban J connectivity index is 1.37. The number of rotatable bonds is 6. The molecule has 1 saturated heterocycles. The van der Waals surface area contributed by atoms with Gasteiger partial charge in [0.05, 0.1) is 18.8 Å². The van der Waals surface area contributed by atoms with Crippen molar-refractivity contribution in [2.45, 2.75) is 32.0 Å². The van der Waals surface area contributed by atoms with Gasteiger partial charge in [-0.3, -0.25) is 4.98 Å². The molecular weight excluding hydrogens is 344 g/mol. The molecule has 0 spiro atoms. The van der Waals surface area contributed by atoms with Gasteiger partial charge >= 0.3 is 12.1 Å². The van der Waals surface area contributed by atoms with Crippen LogP contribution in [0, 0.1) is 0 Å². The van der Waals surface area contributed by atoms with Crippen molar-refractivity contribution in [2.24, 2.45) is 0 Å². The first-order valence-corrected chi connectivity index (χ1v) is 9.17. The van der Waals surface area contributed by atoms with Crippen LogP contribution in [0.2, 0.25) is 0 Å². The fraction of sp³-hybridized carbons (Fsp3) is 0.350. The van der Waals surface area contributed by atoms with Crippen LogP contribution in [0.5, 0.6) is 0 Å². The molecule has 2 heterocycles. The van der Waals surface area contributed by atoms with Crippen molar-refractivity contribution in [2.75, 3.05) is 18.5 Å². The molecule has 0 unspecified atom stereocenters.